The maximum absolute atomic E-state index is 5.91. The molecule has 0 amide bonds. The van der Waals surface area contributed by atoms with Gasteiger partial charge in [-0.2, -0.15) is 0 Å². The Bertz CT molecular complexity index is 584. The summed E-state index contributed by atoms with van der Waals surface area (Å²) in [6, 6.07) is 9.89. The van der Waals surface area contributed by atoms with Crippen molar-refractivity contribution in [3.63, 3.8) is 0 Å². The Labute approximate surface area is 126 Å². The molecule has 21 heavy (non-hydrogen) atoms. The van der Waals surface area contributed by atoms with Crippen molar-refractivity contribution in [2.24, 2.45) is 5.84 Å². The lowest BCUT2D eigenvalue weighted by molar-refractivity contribution is 0.238. The van der Waals surface area contributed by atoms with E-state index in [1.165, 1.54) is 5.56 Å². The second-order valence-electron chi connectivity index (χ2n) is 5.23. The van der Waals surface area contributed by atoms with Crippen LogP contribution < -0.4 is 16.0 Å². The summed E-state index contributed by atoms with van der Waals surface area (Å²) in [4.78, 5) is 4.20. The van der Waals surface area contributed by atoms with Crippen molar-refractivity contribution in [1.82, 2.24) is 10.4 Å². The summed E-state index contributed by atoms with van der Waals surface area (Å²) in [7, 11) is 0. The van der Waals surface area contributed by atoms with Gasteiger partial charge < -0.3 is 4.74 Å². The van der Waals surface area contributed by atoms with Crippen molar-refractivity contribution in [2.75, 3.05) is 0 Å². The summed E-state index contributed by atoms with van der Waals surface area (Å²) in [6.07, 6.45) is 4.72. The Hall–Kier alpha value is -1.91. The standard InChI is InChI=1S/C17H23N3O/c1-4-13-11-19-10-9-14(13)17(20-18)15-7-5-6-8-16(15)21-12(2)3/h5-12,17,20H,4,18H2,1-3H3. The zero-order valence-electron chi connectivity index (χ0n) is 12.8. The molecule has 112 valence electrons. The lowest BCUT2D eigenvalue weighted by atomic mass is 9.94. The summed E-state index contributed by atoms with van der Waals surface area (Å²) in [5, 5.41) is 0. The molecule has 0 aliphatic carbocycles. The summed E-state index contributed by atoms with van der Waals surface area (Å²) < 4.78 is 5.91. The number of aromatic nitrogens is 1. The summed E-state index contributed by atoms with van der Waals surface area (Å²) >= 11 is 0. The summed E-state index contributed by atoms with van der Waals surface area (Å²) in [5.41, 5.74) is 6.27. The zero-order chi connectivity index (χ0) is 15.2. The van der Waals surface area contributed by atoms with Gasteiger partial charge in [-0.1, -0.05) is 25.1 Å². The predicted molar refractivity (Wildman–Crippen MR) is 85.0 cm³/mol. The van der Waals surface area contributed by atoms with Gasteiger partial charge in [-0.05, 0) is 43.5 Å². The first-order valence-corrected chi connectivity index (χ1v) is 7.31. The van der Waals surface area contributed by atoms with Crippen LogP contribution in [-0.2, 0) is 6.42 Å². The number of nitrogens with one attached hydrogen (secondary N) is 1. The number of ether oxygens (including phenoxy) is 1. The van der Waals surface area contributed by atoms with Gasteiger partial charge in [-0.25, -0.2) is 5.43 Å². The highest BCUT2D eigenvalue weighted by Gasteiger charge is 2.19. The van der Waals surface area contributed by atoms with Crippen molar-refractivity contribution in [2.45, 2.75) is 39.3 Å². The second kappa shape index (κ2) is 7.20. The molecule has 2 rings (SSSR count). The molecule has 0 aliphatic rings. The maximum Gasteiger partial charge on any atom is 0.124 e. The summed E-state index contributed by atoms with van der Waals surface area (Å²) in [5.74, 6) is 6.69. The van der Waals surface area contributed by atoms with Gasteiger partial charge in [0.1, 0.15) is 5.75 Å². The average molecular weight is 285 g/mol. The lowest BCUT2D eigenvalue weighted by Gasteiger charge is -2.23. The molecule has 1 aromatic heterocycles. The van der Waals surface area contributed by atoms with Gasteiger partial charge in [0.25, 0.3) is 0 Å². The van der Waals surface area contributed by atoms with Crippen LogP contribution in [0.4, 0.5) is 0 Å². The van der Waals surface area contributed by atoms with Crippen LogP contribution in [0.25, 0.3) is 0 Å². The van der Waals surface area contributed by atoms with Gasteiger partial charge >= 0.3 is 0 Å². The van der Waals surface area contributed by atoms with Crippen LogP contribution in [0.15, 0.2) is 42.7 Å². The third-order valence-electron chi connectivity index (χ3n) is 3.39. The first-order valence-electron chi connectivity index (χ1n) is 7.31. The van der Waals surface area contributed by atoms with Gasteiger partial charge in [-0.3, -0.25) is 10.8 Å². The topological polar surface area (TPSA) is 60.2 Å². The van der Waals surface area contributed by atoms with Crippen molar-refractivity contribution in [3.8, 4) is 5.75 Å². The molecule has 0 spiro atoms. The highest BCUT2D eigenvalue weighted by Crippen LogP contribution is 2.31. The van der Waals surface area contributed by atoms with Crippen LogP contribution in [0.3, 0.4) is 0 Å². The van der Waals surface area contributed by atoms with E-state index in [1.54, 1.807) is 6.20 Å². The van der Waals surface area contributed by atoms with E-state index in [0.29, 0.717) is 0 Å². The van der Waals surface area contributed by atoms with Crippen LogP contribution in [0.2, 0.25) is 0 Å². The number of pyridine rings is 1. The molecule has 2 aromatic rings. The van der Waals surface area contributed by atoms with E-state index in [0.717, 1.165) is 23.3 Å². The van der Waals surface area contributed by atoms with Crippen LogP contribution in [0.1, 0.15) is 43.5 Å². The summed E-state index contributed by atoms with van der Waals surface area (Å²) in [6.45, 7) is 6.15. The van der Waals surface area contributed by atoms with Crippen molar-refractivity contribution >= 4 is 0 Å². The highest BCUT2D eigenvalue weighted by atomic mass is 16.5. The van der Waals surface area contributed by atoms with Crippen LogP contribution in [0.5, 0.6) is 5.75 Å². The molecular formula is C17H23N3O. The first kappa shape index (κ1) is 15.5. The number of nitrogens with zero attached hydrogens (tertiary/aromatic N) is 1. The minimum Gasteiger partial charge on any atom is -0.491 e. The number of hydrazine groups is 1. The molecule has 1 aromatic carbocycles. The third kappa shape index (κ3) is 3.60. The monoisotopic (exact) mass is 285 g/mol. The number of benzene rings is 1. The molecule has 1 atom stereocenters. The van der Waals surface area contributed by atoms with Gasteiger partial charge in [0.2, 0.25) is 0 Å². The van der Waals surface area contributed by atoms with E-state index in [2.05, 4.69) is 17.3 Å². The van der Waals surface area contributed by atoms with Gasteiger partial charge in [0.05, 0.1) is 12.1 Å². The average Bonchev–Trinajstić information content (AvgIpc) is 2.49. The molecule has 4 heteroatoms. The van der Waals surface area contributed by atoms with E-state index < -0.39 is 0 Å². The predicted octanol–water partition coefficient (Wildman–Crippen LogP) is 2.98. The first-order chi connectivity index (χ1) is 10.2. The Morgan fingerprint density at radius 1 is 1.19 bits per heavy atom. The number of nitrogens with two attached hydrogens (primary N) is 1. The molecule has 0 bridgehead atoms. The van der Waals surface area contributed by atoms with E-state index in [1.807, 2.05) is 50.4 Å². The fourth-order valence-corrected chi connectivity index (χ4v) is 2.44. The molecule has 3 N–H and O–H groups in total. The maximum atomic E-state index is 5.91. The van der Waals surface area contributed by atoms with E-state index in [9.17, 15) is 0 Å². The van der Waals surface area contributed by atoms with E-state index >= 15 is 0 Å². The molecule has 0 saturated heterocycles. The number of aryl methyl sites for hydroxylation is 1. The largest absolute Gasteiger partial charge is 0.491 e. The van der Waals surface area contributed by atoms with Crippen LogP contribution >= 0.6 is 0 Å². The smallest absolute Gasteiger partial charge is 0.124 e. The lowest BCUT2D eigenvalue weighted by Crippen LogP contribution is -2.30. The highest BCUT2D eigenvalue weighted by molar-refractivity contribution is 5.43. The Balaban J connectivity index is 2.46. The molecule has 0 aliphatic heterocycles. The van der Waals surface area contributed by atoms with Crippen molar-refractivity contribution in [1.29, 1.82) is 0 Å². The van der Waals surface area contributed by atoms with Crippen LogP contribution in [-0.4, -0.2) is 11.1 Å². The quantitative estimate of drug-likeness (QED) is 0.633. The normalized spacial score (nSPS) is 12.4. The second-order valence-corrected chi connectivity index (χ2v) is 5.23. The minimum atomic E-state index is -0.113. The molecule has 4 nitrogen and oxygen atoms in total. The minimum absolute atomic E-state index is 0.113. The zero-order valence-corrected chi connectivity index (χ0v) is 12.8. The fraction of sp³-hybridized carbons (Fsp3) is 0.353. The Morgan fingerprint density at radius 2 is 1.95 bits per heavy atom. The SMILES string of the molecule is CCc1cnccc1C(NN)c1ccccc1OC(C)C. The molecule has 0 radical (unpaired) electrons. The van der Waals surface area contributed by atoms with E-state index in [4.69, 9.17) is 10.6 Å². The number of para-hydroxylation sites is 1. The molecule has 1 heterocycles. The Morgan fingerprint density at radius 3 is 2.62 bits per heavy atom. The van der Waals surface area contributed by atoms with Gasteiger partial charge in [0, 0.05) is 18.0 Å². The van der Waals surface area contributed by atoms with Gasteiger partial charge in [0.15, 0.2) is 0 Å². The van der Waals surface area contributed by atoms with Gasteiger partial charge in [-0.15, -0.1) is 0 Å². The molecule has 0 fully saturated rings. The molecule has 0 saturated carbocycles. The van der Waals surface area contributed by atoms with Crippen molar-refractivity contribution in [3.05, 3.63) is 59.4 Å². The number of hydrogen-bond donors (Lipinski definition) is 2. The molecule has 1 unspecified atom stereocenters. The number of rotatable bonds is 6. The number of hydrogen-bond acceptors (Lipinski definition) is 4. The fourth-order valence-electron chi connectivity index (χ4n) is 2.44. The Kier molecular flexibility index (Phi) is 5.31. The van der Waals surface area contributed by atoms with Crippen LogP contribution in [0, 0.1) is 0 Å². The van der Waals surface area contributed by atoms with E-state index in [-0.39, 0.29) is 12.1 Å². The third-order valence-corrected chi connectivity index (χ3v) is 3.39. The molecular weight excluding hydrogens is 262 g/mol. The van der Waals surface area contributed by atoms with Crippen molar-refractivity contribution < 1.29 is 4.74 Å².